The smallest absolute Gasteiger partial charge is 0.257 e. The number of carbonyl (C=O) groups is 1. The van der Waals surface area contributed by atoms with Crippen molar-refractivity contribution < 1.29 is 27.4 Å². The van der Waals surface area contributed by atoms with Gasteiger partial charge in [-0.05, 0) is 18.2 Å². The number of methoxy groups -OCH3 is 3. The predicted octanol–water partition coefficient (Wildman–Crippen LogP) is 2.36. The van der Waals surface area contributed by atoms with E-state index in [1.165, 1.54) is 40.5 Å². The van der Waals surface area contributed by atoms with E-state index in [0.717, 1.165) is 10.6 Å². The van der Waals surface area contributed by atoms with Gasteiger partial charge in [0, 0.05) is 24.9 Å². The molecule has 0 radical (unpaired) electrons. The Labute approximate surface area is 158 Å². The number of ether oxygens (including phenoxy) is 3. The summed E-state index contributed by atoms with van der Waals surface area (Å²) in [6.45, 7) is 0. The molecule has 27 heavy (non-hydrogen) atoms. The highest BCUT2D eigenvalue weighted by molar-refractivity contribution is 7.92. The summed E-state index contributed by atoms with van der Waals surface area (Å²) in [5.74, 6) is 0.683. The van der Waals surface area contributed by atoms with Crippen molar-refractivity contribution in [3.05, 3.63) is 42.0 Å². The van der Waals surface area contributed by atoms with Crippen molar-refractivity contribution in [1.29, 1.82) is 0 Å². The average molecular weight is 394 g/mol. The molecule has 2 rings (SSSR count). The minimum Gasteiger partial charge on any atom is -0.497 e. The molecule has 0 saturated heterocycles. The van der Waals surface area contributed by atoms with Crippen LogP contribution in [0.1, 0.15) is 10.4 Å². The number of sulfonamides is 1. The molecule has 0 aliphatic heterocycles. The third-order valence-corrected chi connectivity index (χ3v) is 5.10. The molecule has 0 bridgehead atoms. The molecule has 146 valence electrons. The number of amides is 1. The van der Waals surface area contributed by atoms with Crippen molar-refractivity contribution in [2.24, 2.45) is 0 Å². The fraction of sp³-hybridized carbons (Fsp3) is 0.278. The molecule has 1 amide bonds. The van der Waals surface area contributed by atoms with E-state index >= 15 is 0 Å². The van der Waals surface area contributed by atoms with Crippen molar-refractivity contribution in [2.75, 3.05) is 44.3 Å². The molecule has 0 heterocycles. The maximum Gasteiger partial charge on any atom is 0.257 e. The second-order valence-electron chi connectivity index (χ2n) is 5.64. The number of nitrogens with one attached hydrogen (secondary N) is 1. The third kappa shape index (κ3) is 4.62. The molecule has 8 nitrogen and oxygen atoms in total. The van der Waals surface area contributed by atoms with Gasteiger partial charge in [-0.25, -0.2) is 8.42 Å². The van der Waals surface area contributed by atoms with Crippen LogP contribution in [0.5, 0.6) is 17.2 Å². The summed E-state index contributed by atoms with van der Waals surface area (Å²) in [6, 6.07) is 9.70. The van der Waals surface area contributed by atoms with Crippen molar-refractivity contribution >= 4 is 27.3 Å². The van der Waals surface area contributed by atoms with Gasteiger partial charge < -0.3 is 19.5 Å². The predicted molar refractivity (Wildman–Crippen MR) is 104 cm³/mol. The maximum atomic E-state index is 12.9. The molecular weight excluding hydrogens is 372 g/mol. The minimum atomic E-state index is -3.60. The van der Waals surface area contributed by atoms with Gasteiger partial charge in [0.2, 0.25) is 10.0 Å². The molecule has 0 fully saturated rings. The van der Waals surface area contributed by atoms with Crippen LogP contribution >= 0.6 is 0 Å². The Balaban J connectivity index is 2.53. The summed E-state index contributed by atoms with van der Waals surface area (Å²) < 4.78 is 40.6. The highest BCUT2D eigenvalue weighted by Crippen LogP contribution is 2.36. The summed E-state index contributed by atoms with van der Waals surface area (Å²) in [4.78, 5) is 12.9. The molecule has 0 unspecified atom stereocenters. The van der Waals surface area contributed by atoms with Crippen LogP contribution in [0.3, 0.4) is 0 Å². The van der Waals surface area contributed by atoms with Gasteiger partial charge in [0.1, 0.15) is 5.75 Å². The monoisotopic (exact) mass is 394 g/mol. The first-order chi connectivity index (χ1) is 12.7. The van der Waals surface area contributed by atoms with E-state index in [1.807, 2.05) is 0 Å². The van der Waals surface area contributed by atoms with E-state index in [4.69, 9.17) is 14.2 Å². The number of rotatable bonds is 7. The number of hydrogen-bond acceptors (Lipinski definition) is 6. The highest BCUT2D eigenvalue weighted by atomic mass is 32.2. The zero-order valence-electron chi connectivity index (χ0n) is 15.8. The lowest BCUT2D eigenvalue weighted by Crippen LogP contribution is -2.28. The van der Waals surface area contributed by atoms with Crippen molar-refractivity contribution in [3.63, 3.8) is 0 Å². The van der Waals surface area contributed by atoms with Gasteiger partial charge in [-0.2, -0.15) is 0 Å². The van der Waals surface area contributed by atoms with Crippen LogP contribution in [0.25, 0.3) is 0 Å². The van der Waals surface area contributed by atoms with Crippen molar-refractivity contribution in [2.45, 2.75) is 0 Å². The lowest BCUT2D eigenvalue weighted by Gasteiger charge is -2.22. The highest BCUT2D eigenvalue weighted by Gasteiger charge is 2.23. The molecule has 2 aromatic carbocycles. The van der Waals surface area contributed by atoms with Gasteiger partial charge in [-0.3, -0.25) is 9.10 Å². The first-order valence-electron chi connectivity index (χ1n) is 7.86. The van der Waals surface area contributed by atoms with Crippen LogP contribution < -0.4 is 23.8 Å². The summed E-state index contributed by atoms with van der Waals surface area (Å²) in [7, 11) is 2.14. The van der Waals surface area contributed by atoms with Crippen LogP contribution in [0, 0.1) is 0 Å². The van der Waals surface area contributed by atoms with Gasteiger partial charge in [-0.15, -0.1) is 0 Å². The van der Waals surface area contributed by atoms with Crippen LogP contribution in [-0.4, -0.2) is 49.0 Å². The van der Waals surface area contributed by atoms with Crippen LogP contribution in [0.4, 0.5) is 11.4 Å². The van der Waals surface area contributed by atoms with E-state index in [0.29, 0.717) is 22.9 Å². The third-order valence-electron chi connectivity index (χ3n) is 3.91. The molecule has 0 aliphatic carbocycles. The molecule has 0 spiro atoms. The van der Waals surface area contributed by atoms with E-state index in [9.17, 15) is 13.2 Å². The Bertz CT molecular complexity index is 943. The largest absolute Gasteiger partial charge is 0.497 e. The van der Waals surface area contributed by atoms with Gasteiger partial charge in [0.15, 0.2) is 11.5 Å². The van der Waals surface area contributed by atoms with Gasteiger partial charge in [0.05, 0.1) is 38.8 Å². The zero-order valence-corrected chi connectivity index (χ0v) is 16.6. The topological polar surface area (TPSA) is 94.2 Å². The first kappa shape index (κ1) is 20.4. The molecule has 2 aromatic rings. The van der Waals surface area contributed by atoms with E-state index in [-0.39, 0.29) is 11.3 Å². The van der Waals surface area contributed by atoms with Crippen molar-refractivity contribution in [3.8, 4) is 17.2 Å². The average Bonchev–Trinajstić information content (AvgIpc) is 2.65. The number of carbonyl (C=O) groups excluding carboxylic acids is 1. The summed E-state index contributed by atoms with van der Waals surface area (Å²) in [5, 5.41) is 2.73. The lowest BCUT2D eigenvalue weighted by molar-refractivity contribution is 0.102. The second kappa shape index (κ2) is 8.17. The summed E-state index contributed by atoms with van der Waals surface area (Å²) in [6.07, 6.45) is 1.05. The molecule has 9 heteroatoms. The molecule has 0 aromatic heterocycles. The SMILES string of the molecule is COc1cccc(NC(=O)c2cc(OC)c(OC)cc2N(C)S(C)(=O)=O)c1. The summed E-state index contributed by atoms with van der Waals surface area (Å²) >= 11 is 0. The Morgan fingerprint density at radius 3 is 2.19 bits per heavy atom. The lowest BCUT2D eigenvalue weighted by atomic mass is 10.1. The van der Waals surface area contributed by atoms with Gasteiger partial charge in [-0.1, -0.05) is 6.07 Å². The maximum absolute atomic E-state index is 12.9. The number of benzene rings is 2. The fourth-order valence-corrected chi connectivity index (χ4v) is 2.90. The number of nitrogens with zero attached hydrogens (tertiary/aromatic N) is 1. The summed E-state index contributed by atoms with van der Waals surface area (Å²) in [5.41, 5.74) is 0.779. The van der Waals surface area contributed by atoms with E-state index < -0.39 is 15.9 Å². The zero-order chi connectivity index (χ0) is 20.2. The Morgan fingerprint density at radius 2 is 1.63 bits per heavy atom. The normalized spacial score (nSPS) is 10.9. The molecule has 1 N–H and O–H groups in total. The van der Waals surface area contributed by atoms with E-state index in [2.05, 4.69) is 5.32 Å². The molecule has 0 aliphatic rings. The number of hydrogen-bond donors (Lipinski definition) is 1. The Hall–Kier alpha value is -2.94. The Morgan fingerprint density at radius 1 is 1.00 bits per heavy atom. The van der Waals surface area contributed by atoms with Crippen LogP contribution in [0.15, 0.2) is 36.4 Å². The van der Waals surface area contributed by atoms with Crippen LogP contribution in [0.2, 0.25) is 0 Å². The minimum absolute atomic E-state index is 0.114. The molecule has 0 atom stereocenters. The fourth-order valence-electron chi connectivity index (χ4n) is 2.39. The van der Waals surface area contributed by atoms with E-state index in [1.54, 1.807) is 24.3 Å². The molecule has 0 saturated carbocycles. The van der Waals surface area contributed by atoms with Gasteiger partial charge in [0.25, 0.3) is 5.91 Å². The number of anilines is 2. The van der Waals surface area contributed by atoms with Gasteiger partial charge >= 0.3 is 0 Å². The Kier molecular flexibility index (Phi) is 6.17. The standard InChI is InChI=1S/C18H22N2O6S/c1-20(27(5,22)23)15-11-17(26-4)16(25-3)10-14(15)18(21)19-12-7-6-8-13(9-12)24-2/h6-11H,1-5H3,(H,19,21). The van der Waals surface area contributed by atoms with Crippen molar-refractivity contribution in [1.82, 2.24) is 0 Å². The van der Waals surface area contributed by atoms with Crippen LogP contribution in [-0.2, 0) is 10.0 Å². The first-order valence-corrected chi connectivity index (χ1v) is 9.71. The molecular formula is C18H22N2O6S. The quantitative estimate of drug-likeness (QED) is 0.775. The second-order valence-corrected chi connectivity index (χ2v) is 7.65.